The molecule has 0 amide bonds. The van der Waals surface area contributed by atoms with E-state index in [1.165, 1.54) is 28.6 Å². The van der Waals surface area contributed by atoms with Crippen LogP contribution in [0.4, 0.5) is 5.69 Å². The lowest BCUT2D eigenvalue weighted by molar-refractivity contribution is -0.387. The third kappa shape index (κ3) is 3.23. The van der Waals surface area contributed by atoms with Crippen LogP contribution in [0, 0.1) is 10.1 Å². The van der Waals surface area contributed by atoms with Gasteiger partial charge in [-0.1, -0.05) is 12.1 Å². The number of para-hydroxylation sites is 1. The zero-order chi connectivity index (χ0) is 16.4. The zero-order valence-corrected chi connectivity index (χ0v) is 13.5. The second-order valence-corrected chi connectivity index (χ2v) is 7.72. The van der Waals surface area contributed by atoms with Crippen LogP contribution in [0.2, 0.25) is 0 Å². The summed E-state index contributed by atoms with van der Waals surface area (Å²) >= 11 is 0. The van der Waals surface area contributed by atoms with Crippen molar-refractivity contribution < 1.29 is 13.3 Å². The summed E-state index contributed by atoms with van der Waals surface area (Å²) in [6.07, 6.45) is 1.08. The maximum atomic E-state index is 12.7. The molecule has 1 atom stereocenters. The molecule has 0 spiro atoms. The van der Waals surface area contributed by atoms with Crippen molar-refractivity contribution in [1.29, 1.82) is 0 Å². The van der Waals surface area contributed by atoms with Crippen LogP contribution in [0.5, 0.6) is 0 Å². The van der Waals surface area contributed by atoms with E-state index < -0.39 is 14.9 Å². The number of nitro groups is 1. The lowest BCUT2D eigenvalue weighted by Gasteiger charge is -2.37. The Morgan fingerprint density at radius 3 is 2.48 bits per heavy atom. The fourth-order valence-electron chi connectivity index (χ4n) is 3.23. The van der Waals surface area contributed by atoms with Gasteiger partial charge < -0.3 is 5.32 Å². The number of hydrogen-bond donors (Lipinski definition) is 1. The molecule has 8 nitrogen and oxygen atoms in total. The quantitative estimate of drug-likeness (QED) is 0.624. The van der Waals surface area contributed by atoms with Gasteiger partial charge in [-0.25, -0.2) is 8.42 Å². The van der Waals surface area contributed by atoms with Crippen molar-refractivity contribution in [3.8, 4) is 0 Å². The first-order valence-electron chi connectivity index (χ1n) is 7.68. The van der Waals surface area contributed by atoms with Crippen LogP contribution in [0.3, 0.4) is 0 Å². The van der Waals surface area contributed by atoms with E-state index >= 15 is 0 Å². The summed E-state index contributed by atoms with van der Waals surface area (Å²) in [6, 6.07) is 5.99. The van der Waals surface area contributed by atoms with Crippen LogP contribution in [-0.2, 0) is 10.0 Å². The van der Waals surface area contributed by atoms with Gasteiger partial charge in [-0.15, -0.1) is 0 Å². The van der Waals surface area contributed by atoms with Crippen LogP contribution in [-0.4, -0.2) is 67.9 Å². The molecule has 1 unspecified atom stereocenters. The van der Waals surface area contributed by atoms with Crippen LogP contribution in [0.15, 0.2) is 29.2 Å². The molecule has 1 N–H and O–H groups in total. The summed E-state index contributed by atoms with van der Waals surface area (Å²) < 4.78 is 26.8. The molecule has 2 fully saturated rings. The van der Waals surface area contributed by atoms with Crippen molar-refractivity contribution in [1.82, 2.24) is 14.5 Å². The van der Waals surface area contributed by atoms with E-state index in [2.05, 4.69) is 10.2 Å². The van der Waals surface area contributed by atoms with Gasteiger partial charge in [-0.3, -0.25) is 15.0 Å². The van der Waals surface area contributed by atoms with Crippen molar-refractivity contribution in [3.05, 3.63) is 34.4 Å². The molecule has 0 aromatic heterocycles. The minimum absolute atomic E-state index is 0.221. The second-order valence-electron chi connectivity index (χ2n) is 5.81. The number of nitro benzene ring substituents is 1. The molecule has 0 bridgehead atoms. The van der Waals surface area contributed by atoms with Gasteiger partial charge >= 0.3 is 0 Å². The summed E-state index contributed by atoms with van der Waals surface area (Å²) in [6.45, 7) is 3.99. The van der Waals surface area contributed by atoms with E-state index in [9.17, 15) is 18.5 Å². The standard InChI is InChI=1S/C14H20N4O4S/c19-18(20)13-3-1-2-4-14(13)23(21,22)17-9-7-16(8-10-17)12-5-6-15-11-12/h1-4,12,15H,5-11H2. The number of nitrogens with zero attached hydrogens (tertiary/aromatic N) is 3. The van der Waals surface area contributed by atoms with Crippen molar-refractivity contribution in [2.45, 2.75) is 17.4 Å². The summed E-state index contributed by atoms with van der Waals surface area (Å²) in [5.74, 6) is 0. The molecule has 0 radical (unpaired) electrons. The van der Waals surface area contributed by atoms with E-state index in [1.807, 2.05) is 0 Å². The van der Waals surface area contributed by atoms with Crippen molar-refractivity contribution in [2.75, 3.05) is 39.3 Å². The van der Waals surface area contributed by atoms with E-state index in [0.717, 1.165) is 19.5 Å². The Bertz CT molecular complexity index is 680. The molecule has 1 aromatic rings. The molecule has 126 valence electrons. The number of benzene rings is 1. The number of rotatable bonds is 4. The molecule has 2 aliphatic heterocycles. The molecule has 2 aliphatic rings. The summed E-state index contributed by atoms with van der Waals surface area (Å²) in [5.41, 5.74) is -0.366. The smallest absolute Gasteiger partial charge is 0.289 e. The maximum Gasteiger partial charge on any atom is 0.289 e. The third-order valence-corrected chi connectivity index (χ3v) is 6.45. The highest BCUT2D eigenvalue weighted by atomic mass is 32.2. The first-order valence-corrected chi connectivity index (χ1v) is 9.12. The zero-order valence-electron chi connectivity index (χ0n) is 12.7. The van der Waals surface area contributed by atoms with Gasteiger partial charge in [0.25, 0.3) is 5.69 Å². The Balaban J connectivity index is 1.75. The van der Waals surface area contributed by atoms with Gasteiger partial charge in [0.15, 0.2) is 4.90 Å². The molecule has 2 heterocycles. The first-order chi connectivity index (χ1) is 11.0. The summed E-state index contributed by atoms with van der Waals surface area (Å²) in [4.78, 5) is 12.5. The fourth-order valence-corrected chi connectivity index (χ4v) is 4.80. The fraction of sp³-hybridized carbons (Fsp3) is 0.571. The van der Waals surface area contributed by atoms with E-state index in [-0.39, 0.29) is 10.6 Å². The highest BCUT2D eigenvalue weighted by molar-refractivity contribution is 7.89. The predicted octanol–water partition coefficient (Wildman–Crippen LogP) is 0.263. The molecular weight excluding hydrogens is 320 g/mol. The molecular formula is C14H20N4O4S. The minimum Gasteiger partial charge on any atom is -0.315 e. The monoisotopic (exact) mass is 340 g/mol. The molecule has 23 heavy (non-hydrogen) atoms. The summed E-state index contributed by atoms with van der Waals surface area (Å²) in [7, 11) is -3.84. The molecule has 1 aromatic carbocycles. The highest BCUT2D eigenvalue weighted by Gasteiger charge is 2.35. The Kier molecular flexibility index (Phi) is 4.62. The van der Waals surface area contributed by atoms with Gasteiger partial charge in [0.05, 0.1) is 4.92 Å². The average Bonchev–Trinajstić information content (AvgIpc) is 3.09. The van der Waals surface area contributed by atoms with Crippen molar-refractivity contribution in [3.63, 3.8) is 0 Å². The van der Waals surface area contributed by atoms with E-state index in [0.29, 0.717) is 32.2 Å². The number of hydrogen-bond acceptors (Lipinski definition) is 6. The normalized spacial score (nSPS) is 23.9. The van der Waals surface area contributed by atoms with Crippen LogP contribution in [0.1, 0.15) is 6.42 Å². The predicted molar refractivity (Wildman–Crippen MR) is 84.7 cm³/mol. The largest absolute Gasteiger partial charge is 0.315 e. The van der Waals surface area contributed by atoms with Crippen molar-refractivity contribution in [2.24, 2.45) is 0 Å². The first kappa shape index (κ1) is 16.3. The van der Waals surface area contributed by atoms with Crippen LogP contribution < -0.4 is 5.32 Å². The Hall–Kier alpha value is -1.55. The van der Waals surface area contributed by atoms with E-state index in [1.54, 1.807) is 0 Å². The van der Waals surface area contributed by atoms with E-state index in [4.69, 9.17) is 0 Å². The van der Waals surface area contributed by atoms with Gasteiger partial charge in [-0.2, -0.15) is 4.31 Å². The van der Waals surface area contributed by atoms with Crippen LogP contribution in [0.25, 0.3) is 0 Å². The number of sulfonamides is 1. The van der Waals surface area contributed by atoms with Crippen LogP contribution >= 0.6 is 0 Å². The SMILES string of the molecule is O=[N+]([O-])c1ccccc1S(=O)(=O)N1CCN(C2CCNC2)CC1. The molecule has 0 aliphatic carbocycles. The van der Waals surface area contributed by atoms with Gasteiger partial charge in [0.2, 0.25) is 10.0 Å². The van der Waals surface area contributed by atoms with Gasteiger partial charge in [0, 0.05) is 44.8 Å². The highest BCUT2D eigenvalue weighted by Crippen LogP contribution is 2.27. The second kappa shape index (κ2) is 6.52. The minimum atomic E-state index is -3.84. The van der Waals surface area contributed by atoms with Gasteiger partial charge in [0.1, 0.15) is 0 Å². The molecule has 3 rings (SSSR count). The lowest BCUT2D eigenvalue weighted by atomic mass is 10.2. The Labute approximate surface area is 135 Å². The molecule has 0 saturated carbocycles. The third-order valence-electron chi connectivity index (χ3n) is 4.50. The molecule has 9 heteroatoms. The topological polar surface area (TPSA) is 95.8 Å². The number of piperazine rings is 1. The van der Waals surface area contributed by atoms with Gasteiger partial charge in [-0.05, 0) is 19.0 Å². The lowest BCUT2D eigenvalue weighted by Crippen LogP contribution is -2.52. The molecule has 2 saturated heterocycles. The van der Waals surface area contributed by atoms with Crippen molar-refractivity contribution >= 4 is 15.7 Å². The maximum absolute atomic E-state index is 12.7. The Morgan fingerprint density at radius 2 is 1.87 bits per heavy atom. The summed E-state index contributed by atoms with van der Waals surface area (Å²) in [5, 5.41) is 14.4. The average molecular weight is 340 g/mol. The Morgan fingerprint density at radius 1 is 1.17 bits per heavy atom. The number of nitrogens with one attached hydrogen (secondary N) is 1.